The van der Waals surface area contributed by atoms with Crippen LogP contribution in [0.4, 0.5) is 5.69 Å². The smallest absolute Gasteiger partial charge is 0.162 e. The minimum Gasteiger partial charge on any atom is -0.378 e. The Morgan fingerprint density at radius 3 is 2.45 bits per heavy atom. The van der Waals surface area contributed by atoms with Gasteiger partial charge in [-0.1, -0.05) is 24.6 Å². The molecule has 0 aliphatic heterocycles. The predicted molar refractivity (Wildman–Crippen MR) is 131 cm³/mol. The lowest BCUT2D eigenvalue weighted by Crippen LogP contribution is -2.56. The van der Waals surface area contributed by atoms with E-state index in [1.54, 1.807) is 19.6 Å². The summed E-state index contributed by atoms with van der Waals surface area (Å²) in [7, 11) is 5.87. The van der Waals surface area contributed by atoms with Gasteiger partial charge in [-0.05, 0) is 92.2 Å². The number of hydrogen-bond acceptors (Lipinski definition) is 4. The Hall–Kier alpha value is -2.20. The van der Waals surface area contributed by atoms with Gasteiger partial charge in [-0.15, -0.1) is 0 Å². The number of carbonyl (C=O) groups is 2. The second kappa shape index (κ2) is 7.94. The van der Waals surface area contributed by atoms with Crippen molar-refractivity contribution in [3.05, 3.63) is 52.6 Å². The Labute approximate surface area is 198 Å². The molecule has 0 heterocycles. The molecule has 2 saturated carbocycles. The maximum absolute atomic E-state index is 13.1. The molecule has 0 saturated heterocycles. The van der Waals surface area contributed by atoms with E-state index >= 15 is 0 Å². The van der Waals surface area contributed by atoms with Gasteiger partial charge in [0.1, 0.15) is 5.60 Å². The number of benzene rings is 1. The Balaban J connectivity index is 1.68. The molecule has 0 radical (unpaired) electrons. The number of methoxy groups -OCH3 is 1. The molecule has 5 atom stereocenters. The van der Waals surface area contributed by atoms with Crippen molar-refractivity contribution in [1.29, 1.82) is 0 Å². The van der Waals surface area contributed by atoms with Crippen LogP contribution in [0.1, 0.15) is 70.3 Å². The van der Waals surface area contributed by atoms with Crippen LogP contribution in [0, 0.1) is 17.3 Å². The maximum atomic E-state index is 13.1. The summed E-state index contributed by atoms with van der Waals surface area (Å²) in [5.74, 6) is 1.61. The first-order chi connectivity index (χ1) is 15.7. The third-order valence-corrected chi connectivity index (χ3v) is 9.58. The zero-order chi connectivity index (χ0) is 23.5. The van der Waals surface area contributed by atoms with Crippen LogP contribution in [0.25, 0.3) is 0 Å². The lowest BCUT2D eigenvalue weighted by Gasteiger charge is -2.55. The zero-order valence-electron chi connectivity index (χ0n) is 20.7. The van der Waals surface area contributed by atoms with Crippen molar-refractivity contribution in [1.82, 2.24) is 0 Å². The summed E-state index contributed by atoms with van der Waals surface area (Å²) >= 11 is 0. The fraction of sp³-hybridized carbons (Fsp3) is 0.586. The maximum Gasteiger partial charge on any atom is 0.162 e. The molecule has 0 N–H and O–H groups in total. The van der Waals surface area contributed by atoms with Crippen LogP contribution in [-0.2, 0) is 14.3 Å². The van der Waals surface area contributed by atoms with E-state index in [9.17, 15) is 9.59 Å². The standard InChI is InChI=1S/C29H37NO3/c1-18(31)29(33-5)15-14-26-24-12-8-20-16-22(32)11-13-23(20)27(24)25(17-28(26,29)2)19-6-9-21(10-7-19)30(3)4/h6-7,9-10,16,24-26H,8,11-15,17H2,1-5H3/t24?,25-,26?,28+,29+/m1/s1. The highest BCUT2D eigenvalue weighted by atomic mass is 16.5. The van der Waals surface area contributed by atoms with Gasteiger partial charge in [-0.2, -0.15) is 0 Å². The highest BCUT2D eigenvalue weighted by molar-refractivity contribution is 5.93. The average Bonchev–Trinajstić information content (AvgIpc) is 3.11. The molecule has 0 amide bonds. The summed E-state index contributed by atoms with van der Waals surface area (Å²) in [6.07, 6.45) is 8.24. The molecule has 4 nitrogen and oxygen atoms in total. The number of ether oxygens (including phenoxy) is 1. The molecule has 0 spiro atoms. The lowest BCUT2D eigenvalue weighted by molar-refractivity contribution is -0.160. The molecule has 176 valence electrons. The Morgan fingerprint density at radius 2 is 1.82 bits per heavy atom. The second-order valence-electron chi connectivity index (χ2n) is 11.1. The van der Waals surface area contributed by atoms with Crippen molar-refractivity contribution in [2.75, 3.05) is 26.1 Å². The van der Waals surface area contributed by atoms with Crippen LogP contribution < -0.4 is 4.90 Å². The SMILES string of the molecule is CO[C@]1(C(C)=O)CCC2C3CCC4=CC(=O)CCC4=C3[C@@H](c3ccc(N(C)C)cc3)C[C@@]21C. The van der Waals surface area contributed by atoms with Gasteiger partial charge in [-0.3, -0.25) is 9.59 Å². The number of ketones is 2. The van der Waals surface area contributed by atoms with Gasteiger partial charge in [0.05, 0.1) is 0 Å². The lowest BCUT2D eigenvalue weighted by atomic mass is 9.50. The van der Waals surface area contributed by atoms with Gasteiger partial charge in [0.2, 0.25) is 0 Å². The topological polar surface area (TPSA) is 46.6 Å². The molecule has 5 rings (SSSR count). The molecule has 4 aliphatic rings. The van der Waals surface area contributed by atoms with E-state index in [0.29, 0.717) is 18.3 Å². The van der Waals surface area contributed by atoms with Crippen molar-refractivity contribution in [3.8, 4) is 0 Å². The molecule has 0 aromatic heterocycles. The van der Waals surface area contributed by atoms with E-state index in [1.807, 2.05) is 6.08 Å². The van der Waals surface area contributed by atoms with Gasteiger partial charge in [0.15, 0.2) is 11.6 Å². The minimum absolute atomic E-state index is 0.174. The fourth-order valence-corrected chi connectivity index (χ4v) is 8.01. The largest absolute Gasteiger partial charge is 0.378 e. The molecule has 4 aliphatic carbocycles. The van der Waals surface area contributed by atoms with Crippen LogP contribution in [0.5, 0.6) is 0 Å². The third kappa shape index (κ3) is 3.20. The van der Waals surface area contributed by atoms with Crippen molar-refractivity contribution in [2.45, 2.75) is 70.3 Å². The summed E-state index contributed by atoms with van der Waals surface area (Å²) in [4.78, 5) is 27.4. The number of nitrogens with zero attached hydrogens (tertiary/aromatic N) is 1. The van der Waals surface area contributed by atoms with Crippen LogP contribution in [-0.4, -0.2) is 38.4 Å². The number of Topliss-reactive ketones (excluding diaryl/α,β-unsaturated/α-hetero) is 1. The average molecular weight is 448 g/mol. The summed E-state index contributed by atoms with van der Waals surface area (Å²) in [5, 5.41) is 0. The predicted octanol–water partition coefficient (Wildman–Crippen LogP) is 5.63. The van der Waals surface area contributed by atoms with Crippen LogP contribution in [0.15, 0.2) is 47.1 Å². The van der Waals surface area contributed by atoms with Crippen molar-refractivity contribution in [3.63, 3.8) is 0 Å². The highest BCUT2D eigenvalue weighted by Gasteiger charge is 2.65. The van der Waals surface area contributed by atoms with E-state index in [2.05, 4.69) is 50.2 Å². The Morgan fingerprint density at radius 1 is 1.09 bits per heavy atom. The first kappa shape index (κ1) is 22.6. The molecule has 33 heavy (non-hydrogen) atoms. The van der Waals surface area contributed by atoms with Crippen molar-refractivity contribution >= 4 is 17.3 Å². The monoisotopic (exact) mass is 447 g/mol. The molecule has 2 fully saturated rings. The Kier molecular flexibility index (Phi) is 5.43. The van der Waals surface area contributed by atoms with E-state index < -0.39 is 5.60 Å². The fourth-order valence-electron chi connectivity index (χ4n) is 8.01. The van der Waals surface area contributed by atoms with Gasteiger partial charge in [0, 0.05) is 44.6 Å². The molecule has 4 heteroatoms. The van der Waals surface area contributed by atoms with E-state index in [-0.39, 0.29) is 22.9 Å². The van der Waals surface area contributed by atoms with E-state index in [4.69, 9.17) is 4.74 Å². The number of hydrogen-bond donors (Lipinski definition) is 0. The van der Waals surface area contributed by atoms with Crippen LogP contribution in [0.3, 0.4) is 0 Å². The summed E-state index contributed by atoms with van der Waals surface area (Å²) in [6, 6.07) is 8.96. The normalized spacial score (nSPS) is 35.5. The number of allylic oxidation sites excluding steroid dienone is 4. The molecule has 2 unspecified atom stereocenters. The molecule has 1 aromatic rings. The van der Waals surface area contributed by atoms with Gasteiger partial charge >= 0.3 is 0 Å². The summed E-state index contributed by atoms with van der Waals surface area (Å²) < 4.78 is 6.14. The van der Waals surface area contributed by atoms with Crippen molar-refractivity contribution in [2.24, 2.45) is 17.3 Å². The second-order valence-corrected chi connectivity index (χ2v) is 11.1. The van der Waals surface area contributed by atoms with Crippen LogP contribution in [0.2, 0.25) is 0 Å². The molecule has 0 bridgehead atoms. The first-order valence-corrected chi connectivity index (χ1v) is 12.5. The minimum atomic E-state index is -0.700. The zero-order valence-corrected chi connectivity index (χ0v) is 20.7. The van der Waals surface area contributed by atoms with Crippen molar-refractivity contribution < 1.29 is 14.3 Å². The van der Waals surface area contributed by atoms with Gasteiger partial charge < -0.3 is 9.64 Å². The summed E-state index contributed by atoms with van der Waals surface area (Å²) in [6.45, 7) is 4.05. The molecular weight excluding hydrogens is 410 g/mol. The Bertz CT molecular complexity index is 1050. The van der Waals surface area contributed by atoms with Gasteiger partial charge in [-0.25, -0.2) is 0 Å². The summed E-state index contributed by atoms with van der Waals surface area (Å²) in [5.41, 5.74) is 5.91. The van der Waals surface area contributed by atoms with Crippen LogP contribution >= 0.6 is 0 Å². The third-order valence-electron chi connectivity index (χ3n) is 9.58. The number of rotatable bonds is 4. The molecular formula is C29H37NO3. The number of fused-ring (bicyclic) bond motifs is 4. The van der Waals surface area contributed by atoms with E-state index in [1.165, 1.54) is 22.4 Å². The highest BCUT2D eigenvalue weighted by Crippen LogP contribution is 2.67. The number of carbonyl (C=O) groups excluding carboxylic acids is 2. The molecule has 1 aromatic carbocycles. The quantitative estimate of drug-likeness (QED) is 0.600. The first-order valence-electron chi connectivity index (χ1n) is 12.5. The number of anilines is 1. The van der Waals surface area contributed by atoms with Gasteiger partial charge in [0.25, 0.3) is 0 Å². The van der Waals surface area contributed by atoms with E-state index in [0.717, 1.165) is 38.5 Å².